The molecule has 0 saturated carbocycles. The zero-order valence-corrected chi connectivity index (χ0v) is 13.6. The molecule has 1 aliphatic heterocycles. The van der Waals surface area contributed by atoms with E-state index in [-0.39, 0.29) is 24.3 Å². The fraction of sp³-hybridized carbons (Fsp3) is 0.333. The van der Waals surface area contributed by atoms with Crippen LogP contribution in [0.1, 0.15) is 39.5 Å². The molecule has 1 aromatic carbocycles. The minimum atomic E-state index is -1.14. The molecule has 0 aliphatic carbocycles. The second-order valence-electron chi connectivity index (χ2n) is 5.73. The normalized spacial score (nSPS) is 16.6. The smallest absolute Gasteiger partial charge is 0.371 e. The Kier molecular flexibility index (Phi) is 5.35. The molecule has 132 valence electrons. The topological polar surface area (TPSA) is 98.0 Å². The second kappa shape index (κ2) is 7.85. The minimum absolute atomic E-state index is 0.104. The molecule has 7 heteroatoms. The molecule has 3 rings (SSSR count). The van der Waals surface area contributed by atoms with Crippen molar-refractivity contribution in [2.45, 2.75) is 25.5 Å². The zero-order valence-electron chi connectivity index (χ0n) is 13.6. The first-order valence-corrected chi connectivity index (χ1v) is 8.06. The van der Waals surface area contributed by atoms with Crippen LogP contribution in [0.3, 0.4) is 0 Å². The van der Waals surface area contributed by atoms with Crippen molar-refractivity contribution < 1.29 is 28.6 Å². The van der Waals surface area contributed by atoms with Gasteiger partial charge in [0.15, 0.2) is 0 Å². The molecule has 1 unspecified atom stereocenters. The minimum Gasteiger partial charge on any atom is -0.491 e. The number of rotatable bonds is 7. The van der Waals surface area contributed by atoms with Crippen molar-refractivity contribution >= 4 is 11.9 Å². The van der Waals surface area contributed by atoms with Crippen LogP contribution >= 0.6 is 0 Å². The predicted octanol–water partition coefficient (Wildman–Crippen LogP) is 2.47. The Bertz CT molecular complexity index is 748. The van der Waals surface area contributed by atoms with Crippen molar-refractivity contribution in [3.05, 3.63) is 53.5 Å². The fourth-order valence-corrected chi connectivity index (χ4v) is 2.55. The molecule has 0 bridgehead atoms. The molecule has 2 N–H and O–H groups in total. The lowest BCUT2D eigenvalue weighted by atomic mass is 10.2. The van der Waals surface area contributed by atoms with Crippen LogP contribution in [0.4, 0.5) is 0 Å². The number of ether oxygens (including phenoxy) is 2. The summed E-state index contributed by atoms with van der Waals surface area (Å²) in [5, 5.41) is 11.5. The average molecular weight is 345 g/mol. The van der Waals surface area contributed by atoms with Gasteiger partial charge in [0, 0.05) is 12.2 Å². The third-order valence-electron chi connectivity index (χ3n) is 3.85. The Morgan fingerprint density at radius 1 is 1.28 bits per heavy atom. The molecule has 0 spiro atoms. The van der Waals surface area contributed by atoms with Gasteiger partial charge in [-0.3, -0.25) is 4.79 Å². The van der Waals surface area contributed by atoms with Gasteiger partial charge in [0.25, 0.3) is 5.91 Å². The molecule has 1 atom stereocenters. The Balaban J connectivity index is 1.54. The Hall–Kier alpha value is -2.80. The first kappa shape index (κ1) is 17.0. The van der Waals surface area contributed by atoms with Crippen molar-refractivity contribution in [3.8, 4) is 5.75 Å². The van der Waals surface area contributed by atoms with Crippen LogP contribution in [-0.2, 0) is 11.3 Å². The Labute approximate surface area is 144 Å². The molecule has 1 saturated heterocycles. The van der Waals surface area contributed by atoms with Crippen LogP contribution in [0, 0.1) is 0 Å². The summed E-state index contributed by atoms with van der Waals surface area (Å²) in [5.41, 5.74) is 0.454. The van der Waals surface area contributed by atoms with Gasteiger partial charge in [-0.1, -0.05) is 6.07 Å². The van der Waals surface area contributed by atoms with Crippen LogP contribution < -0.4 is 10.1 Å². The third kappa shape index (κ3) is 4.60. The largest absolute Gasteiger partial charge is 0.491 e. The van der Waals surface area contributed by atoms with Gasteiger partial charge in [0.2, 0.25) is 5.76 Å². The maximum Gasteiger partial charge on any atom is 0.371 e. The van der Waals surface area contributed by atoms with E-state index < -0.39 is 5.97 Å². The number of amides is 1. The summed E-state index contributed by atoms with van der Waals surface area (Å²) in [6, 6.07) is 9.75. The van der Waals surface area contributed by atoms with Gasteiger partial charge in [-0.2, -0.15) is 0 Å². The van der Waals surface area contributed by atoms with Crippen molar-refractivity contribution in [2.24, 2.45) is 0 Å². The van der Waals surface area contributed by atoms with Crippen LogP contribution in [-0.4, -0.2) is 36.3 Å². The molecule has 0 radical (unpaired) electrons. The Morgan fingerprint density at radius 2 is 2.16 bits per heavy atom. The van der Waals surface area contributed by atoms with E-state index in [2.05, 4.69) is 5.32 Å². The van der Waals surface area contributed by atoms with Crippen LogP contribution in [0.25, 0.3) is 0 Å². The SMILES string of the molecule is O=C(NCc1ccc(C(=O)O)o1)c1cccc(OCC2CCCO2)c1. The number of benzene rings is 1. The quantitative estimate of drug-likeness (QED) is 0.800. The summed E-state index contributed by atoms with van der Waals surface area (Å²) >= 11 is 0. The van der Waals surface area contributed by atoms with E-state index in [0.29, 0.717) is 23.7 Å². The van der Waals surface area contributed by atoms with Gasteiger partial charge in [-0.25, -0.2) is 4.79 Å². The van der Waals surface area contributed by atoms with Gasteiger partial charge in [-0.15, -0.1) is 0 Å². The highest BCUT2D eigenvalue weighted by Gasteiger charge is 2.16. The van der Waals surface area contributed by atoms with Crippen molar-refractivity contribution in [2.75, 3.05) is 13.2 Å². The summed E-state index contributed by atoms with van der Waals surface area (Å²) in [7, 11) is 0. The summed E-state index contributed by atoms with van der Waals surface area (Å²) in [6.07, 6.45) is 2.15. The van der Waals surface area contributed by atoms with E-state index >= 15 is 0 Å². The van der Waals surface area contributed by atoms with Crippen LogP contribution in [0.15, 0.2) is 40.8 Å². The monoisotopic (exact) mass is 345 g/mol. The molecular weight excluding hydrogens is 326 g/mol. The molecule has 2 aromatic rings. The third-order valence-corrected chi connectivity index (χ3v) is 3.85. The van der Waals surface area contributed by atoms with E-state index in [0.717, 1.165) is 19.4 Å². The van der Waals surface area contributed by atoms with Crippen molar-refractivity contribution in [1.29, 1.82) is 0 Å². The van der Waals surface area contributed by atoms with Gasteiger partial charge in [0.1, 0.15) is 18.1 Å². The molecule has 7 nitrogen and oxygen atoms in total. The lowest BCUT2D eigenvalue weighted by Gasteiger charge is -2.12. The number of carboxylic acid groups (broad SMARTS) is 1. The second-order valence-corrected chi connectivity index (χ2v) is 5.73. The highest BCUT2D eigenvalue weighted by Crippen LogP contribution is 2.17. The maximum absolute atomic E-state index is 12.2. The van der Waals surface area contributed by atoms with Crippen molar-refractivity contribution in [3.63, 3.8) is 0 Å². The van der Waals surface area contributed by atoms with E-state index in [1.165, 1.54) is 12.1 Å². The number of nitrogens with one attached hydrogen (secondary N) is 1. The molecule has 1 fully saturated rings. The lowest BCUT2D eigenvalue weighted by Crippen LogP contribution is -2.22. The van der Waals surface area contributed by atoms with E-state index in [9.17, 15) is 9.59 Å². The standard InChI is InChI=1S/C18H19NO6/c20-17(19-10-14-6-7-16(25-14)18(21)22)12-3-1-4-13(9-12)24-11-15-5-2-8-23-15/h1,3-4,6-7,9,15H,2,5,8,10-11H2,(H,19,20)(H,21,22). The molecule has 2 heterocycles. The molecule has 25 heavy (non-hydrogen) atoms. The molecule has 1 amide bonds. The summed E-state index contributed by atoms with van der Waals surface area (Å²) in [6.45, 7) is 1.34. The highest BCUT2D eigenvalue weighted by molar-refractivity contribution is 5.94. The Morgan fingerprint density at radius 3 is 2.88 bits per heavy atom. The van der Waals surface area contributed by atoms with E-state index in [4.69, 9.17) is 19.0 Å². The summed E-state index contributed by atoms with van der Waals surface area (Å²) in [5.74, 6) is -0.621. The first-order valence-electron chi connectivity index (χ1n) is 8.06. The highest BCUT2D eigenvalue weighted by atomic mass is 16.5. The molecular formula is C18H19NO6. The summed E-state index contributed by atoms with van der Waals surface area (Å²) in [4.78, 5) is 23.0. The number of furan rings is 1. The van der Waals surface area contributed by atoms with E-state index in [1.807, 2.05) is 0 Å². The van der Waals surface area contributed by atoms with Crippen LogP contribution in [0.2, 0.25) is 0 Å². The van der Waals surface area contributed by atoms with Gasteiger partial charge >= 0.3 is 5.97 Å². The number of carbonyl (C=O) groups is 2. The number of aromatic carboxylic acids is 1. The van der Waals surface area contributed by atoms with E-state index in [1.54, 1.807) is 24.3 Å². The lowest BCUT2D eigenvalue weighted by molar-refractivity contribution is 0.0660. The van der Waals surface area contributed by atoms with Crippen LogP contribution in [0.5, 0.6) is 5.75 Å². The van der Waals surface area contributed by atoms with Gasteiger partial charge in [-0.05, 0) is 43.2 Å². The molecule has 1 aromatic heterocycles. The fourth-order valence-electron chi connectivity index (χ4n) is 2.55. The number of carboxylic acids is 1. The first-order chi connectivity index (χ1) is 12.1. The zero-order chi connectivity index (χ0) is 17.6. The maximum atomic E-state index is 12.2. The van der Waals surface area contributed by atoms with Gasteiger partial charge in [0.05, 0.1) is 12.6 Å². The molecule has 1 aliphatic rings. The predicted molar refractivity (Wildman–Crippen MR) is 87.7 cm³/mol. The van der Waals surface area contributed by atoms with Crippen molar-refractivity contribution in [1.82, 2.24) is 5.32 Å². The number of hydrogen-bond acceptors (Lipinski definition) is 5. The number of carbonyl (C=O) groups excluding carboxylic acids is 1. The average Bonchev–Trinajstić information content (AvgIpc) is 3.30. The summed E-state index contributed by atoms with van der Waals surface area (Å²) < 4.78 is 16.3. The number of hydrogen-bond donors (Lipinski definition) is 2. The van der Waals surface area contributed by atoms with Gasteiger partial charge < -0.3 is 24.3 Å².